The van der Waals surface area contributed by atoms with Crippen LogP contribution < -0.4 is 9.64 Å². The fraction of sp³-hybridized carbons (Fsp3) is 0.188. The number of anilines is 1. The SMILES string of the molecule is O=C(c1ccccc1)N1CCN(c2ccc3nc(COc4ccccc4)n(Cc4ccccc4)c3c2)CC1. The Balaban J connectivity index is 1.24. The largest absolute Gasteiger partial charge is 0.486 e. The van der Waals surface area contributed by atoms with E-state index in [1.807, 2.05) is 71.6 Å². The van der Waals surface area contributed by atoms with Crippen molar-refractivity contribution in [1.82, 2.24) is 14.5 Å². The van der Waals surface area contributed by atoms with Gasteiger partial charge in [-0.3, -0.25) is 4.79 Å². The number of hydrogen-bond acceptors (Lipinski definition) is 4. The molecule has 0 saturated carbocycles. The molecular weight excluding hydrogens is 472 g/mol. The van der Waals surface area contributed by atoms with Crippen molar-refractivity contribution >= 4 is 22.6 Å². The van der Waals surface area contributed by atoms with Gasteiger partial charge in [0.25, 0.3) is 5.91 Å². The van der Waals surface area contributed by atoms with E-state index < -0.39 is 0 Å². The van der Waals surface area contributed by atoms with Crippen LogP contribution in [0.2, 0.25) is 0 Å². The molecule has 190 valence electrons. The van der Waals surface area contributed by atoms with Gasteiger partial charge in [0.1, 0.15) is 18.2 Å². The third-order valence-electron chi connectivity index (χ3n) is 7.06. The zero-order valence-corrected chi connectivity index (χ0v) is 21.2. The number of hydrogen-bond donors (Lipinski definition) is 0. The first-order chi connectivity index (χ1) is 18.7. The van der Waals surface area contributed by atoms with Gasteiger partial charge in [-0.1, -0.05) is 66.7 Å². The van der Waals surface area contributed by atoms with Crippen molar-refractivity contribution in [3.05, 3.63) is 126 Å². The molecule has 6 heteroatoms. The lowest BCUT2D eigenvalue weighted by Gasteiger charge is -2.36. The predicted molar refractivity (Wildman–Crippen MR) is 151 cm³/mol. The summed E-state index contributed by atoms with van der Waals surface area (Å²) in [5.74, 6) is 1.82. The van der Waals surface area contributed by atoms with E-state index in [4.69, 9.17) is 9.72 Å². The van der Waals surface area contributed by atoms with Gasteiger partial charge in [-0.15, -0.1) is 0 Å². The van der Waals surface area contributed by atoms with Crippen LogP contribution in [0.4, 0.5) is 5.69 Å². The topological polar surface area (TPSA) is 50.6 Å². The third kappa shape index (κ3) is 5.11. The molecule has 38 heavy (non-hydrogen) atoms. The Bertz CT molecular complexity index is 1510. The van der Waals surface area contributed by atoms with Gasteiger partial charge in [-0.05, 0) is 48.0 Å². The van der Waals surface area contributed by atoms with Gasteiger partial charge in [0.2, 0.25) is 0 Å². The third-order valence-corrected chi connectivity index (χ3v) is 7.06. The molecule has 0 bridgehead atoms. The van der Waals surface area contributed by atoms with E-state index in [0.29, 0.717) is 26.2 Å². The van der Waals surface area contributed by atoms with Crippen LogP contribution in [0.25, 0.3) is 11.0 Å². The zero-order chi connectivity index (χ0) is 25.7. The number of carbonyl (C=O) groups is 1. The Morgan fingerprint density at radius 1 is 0.763 bits per heavy atom. The Kier molecular flexibility index (Phi) is 6.77. The quantitative estimate of drug-likeness (QED) is 0.290. The summed E-state index contributed by atoms with van der Waals surface area (Å²) in [5, 5.41) is 0. The van der Waals surface area contributed by atoms with Crippen LogP contribution >= 0.6 is 0 Å². The summed E-state index contributed by atoms with van der Waals surface area (Å²) >= 11 is 0. The van der Waals surface area contributed by atoms with Crippen molar-refractivity contribution in [3.8, 4) is 5.75 Å². The van der Waals surface area contributed by atoms with Crippen LogP contribution in [0, 0.1) is 0 Å². The molecule has 0 radical (unpaired) electrons. The second-order valence-corrected chi connectivity index (χ2v) is 9.52. The molecule has 0 N–H and O–H groups in total. The number of carbonyl (C=O) groups excluding carboxylic acids is 1. The molecule has 0 unspecified atom stereocenters. The standard InChI is InChI=1S/C32H30N4O2/c37-32(26-12-6-2-7-13-26)35-20-18-34(19-21-35)27-16-17-29-30(22-27)36(23-25-10-4-1-5-11-25)31(33-29)24-38-28-14-8-3-9-15-28/h1-17,22H,18-21,23-24H2. The van der Waals surface area contributed by atoms with Crippen LogP contribution in [0.1, 0.15) is 21.7 Å². The number of ether oxygens (including phenoxy) is 1. The summed E-state index contributed by atoms with van der Waals surface area (Å²) < 4.78 is 8.34. The van der Waals surface area contributed by atoms with Crippen molar-refractivity contribution in [3.63, 3.8) is 0 Å². The second kappa shape index (κ2) is 10.8. The van der Waals surface area contributed by atoms with Crippen molar-refractivity contribution < 1.29 is 9.53 Å². The number of nitrogens with zero attached hydrogens (tertiary/aromatic N) is 4. The number of para-hydroxylation sites is 1. The minimum Gasteiger partial charge on any atom is -0.486 e. The van der Waals surface area contributed by atoms with Gasteiger partial charge < -0.3 is 19.1 Å². The molecule has 0 spiro atoms. The van der Waals surface area contributed by atoms with Crippen molar-refractivity contribution in [2.24, 2.45) is 0 Å². The predicted octanol–water partition coefficient (Wildman–Crippen LogP) is 5.63. The highest BCUT2D eigenvalue weighted by Crippen LogP contribution is 2.26. The fourth-order valence-electron chi connectivity index (χ4n) is 5.01. The highest BCUT2D eigenvalue weighted by molar-refractivity contribution is 5.94. The van der Waals surface area contributed by atoms with E-state index in [0.717, 1.165) is 46.9 Å². The zero-order valence-electron chi connectivity index (χ0n) is 21.2. The summed E-state index contributed by atoms with van der Waals surface area (Å²) in [7, 11) is 0. The molecule has 1 amide bonds. The first-order valence-electron chi connectivity index (χ1n) is 13.0. The van der Waals surface area contributed by atoms with Crippen LogP contribution in [0.3, 0.4) is 0 Å². The lowest BCUT2D eigenvalue weighted by Crippen LogP contribution is -2.48. The lowest BCUT2D eigenvalue weighted by molar-refractivity contribution is 0.0747. The van der Waals surface area contributed by atoms with E-state index in [1.54, 1.807) is 0 Å². The van der Waals surface area contributed by atoms with Gasteiger partial charge in [0.15, 0.2) is 0 Å². The number of piperazine rings is 1. The molecule has 0 atom stereocenters. The second-order valence-electron chi connectivity index (χ2n) is 9.52. The molecule has 1 aliphatic rings. The molecule has 6 rings (SSSR count). The number of benzene rings is 4. The Morgan fingerprint density at radius 3 is 2.13 bits per heavy atom. The first kappa shape index (κ1) is 23.8. The Hall–Kier alpha value is -4.58. The highest BCUT2D eigenvalue weighted by atomic mass is 16.5. The molecule has 1 aliphatic heterocycles. The minimum atomic E-state index is 0.102. The number of aromatic nitrogens is 2. The smallest absolute Gasteiger partial charge is 0.253 e. The monoisotopic (exact) mass is 502 g/mol. The summed E-state index contributed by atoms with van der Waals surface area (Å²) in [6.45, 7) is 4.09. The molecule has 1 aromatic heterocycles. The summed E-state index contributed by atoms with van der Waals surface area (Å²) in [6.07, 6.45) is 0. The van der Waals surface area contributed by atoms with Crippen molar-refractivity contribution in [2.75, 3.05) is 31.1 Å². The minimum absolute atomic E-state index is 0.102. The summed E-state index contributed by atoms with van der Waals surface area (Å²) in [6, 6.07) is 36.3. The van der Waals surface area contributed by atoms with E-state index in [1.165, 1.54) is 5.56 Å². The van der Waals surface area contributed by atoms with E-state index in [9.17, 15) is 4.79 Å². The van der Waals surface area contributed by atoms with Crippen LogP contribution in [-0.4, -0.2) is 46.5 Å². The van der Waals surface area contributed by atoms with E-state index >= 15 is 0 Å². The molecule has 2 heterocycles. The molecule has 1 fully saturated rings. The summed E-state index contributed by atoms with van der Waals surface area (Å²) in [5.41, 5.74) is 5.15. The van der Waals surface area contributed by atoms with Crippen molar-refractivity contribution in [1.29, 1.82) is 0 Å². The van der Waals surface area contributed by atoms with Gasteiger partial charge in [-0.25, -0.2) is 4.98 Å². The number of fused-ring (bicyclic) bond motifs is 1. The van der Waals surface area contributed by atoms with Crippen molar-refractivity contribution in [2.45, 2.75) is 13.2 Å². The summed E-state index contributed by atoms with van der Waals surface area (Å²) in [4.78, 5) is 22.1. The van der Waals surface area contributed by atoms with Crippen LogP contribution in [0.5, 0.6) is 5.75 Å². The normalized spacial score (nSPS) is 13.6. The molecule has 0 aliphatic carbocycles. The van der Waals surface area contributed by atoms with Gasteiger partial charge in [-0.2, -0.15) is 0 Å². The Morgan fingerprint density at radius 2 is 1.42 bits per heavy atom. The molecule has 4 aromatic carbocycles. The molecule has 6 nitrogen and oxygen atoms in total. The molecule has 1 saturated heterocycles. The molecular formula is C32H30N4O2. The molecule has 5 aromatic rings. The average Bonchev–Trinajstić information content (AvgIpc) is 3.33. The van der Waals surface area contributed by atoms with Gasteiger partial charge in [0, 0.05) is 44.0 Å². The Labute approximate surface area is 222 Å². The van der Waals surface area contributed by atoms with Crippen LogP contribution in [0.15, 0.2) is 109 Å². The lowest BCUT2D eigenvalue weighted by atomic mass is 10.1. The van der Waals surface area contributed by atoms with E-state index in [2.05, 4.69) is 51.9 Å². The first-order valence-corrected chi connectivity index (χ1v) is 13.0. The average molecular weight is 503 g/mol. The van der Waals surface area contributed by atoms with Gasteiger partial charge in [0.05, 0.1) is 11.0 Å². The highest BCUT2D eigenvalue weighted by Gasteiger charge is 2.23. The maximum atomic E-state index is 12.9. The number of amides is 1. The maximum Gasteiger partial charge on any atom is 0.253 e. The van der Waals surface area contributed by atoms with Crippen LogP contribution in [-0.2, 0) is 13.2 Å². The maximum absolute atomic E-state index is 12.9. The number of imidazole rings is 1. The van der Waals surface area contributed by atoms with Gasteiger partial charge >= 0.3 is 0 Å². The fourth-order valence-corrected chi connectivity index (χ4v) is 5.01. The number of rotatable bonds is 7. The van der Waals surface area contributed by atoms with E-state index in [-0.39, 0.29) is 5.91 Å².